The van der Waals surface area contributed by atoms with E-state index in [4.69, 9.17) is 4.74 Å². The first-order valence-corrected chi connectivity index (χ1v) is 9.35. The van der Waals surface area contributed by atoms with Crippen LogP contribution in [0.15, 0.2) is 30.3 Å². The van der Waals surface area contributed by atoms with Gasteiger partial charge < -0.3 is 9.84 Å². The molecular weight excluding hydrogens is 288 g/mol. The van der Waals surface area contributed by atoms with Crippen molar-refractivity contribution in [3.8, 4) is 0 Å². The number of rotatable bonds is 7. The highest BCUT2D eigenvalue weighted by molar-refractivity contribution is 8.17. The highest BCUT2D eigenvalue weighted by Gasteiger charge is 2.33. The van der Waals surface area contributed by atoms with Crippen molar-refractivity contribution in [1.82, 2.24) is 0 Å². The second kappa shape index (κ2) is 8.32. The zero-order valence-corrected chi connectivity index (χ0v) is 13.7. The standard InChI is InChI=1S/C16H24O2S2/c1-16(17,15-19-11-6-12-20-15)9-5-10-18-13-14-7-3-2-4-8-14/h2-4,7-8,15,17H,5-6,9-13H2,1H3. The third kappa shape index (κ3) is 5.32. The number of benzene rings is 1. The smallest absolute Gasteiger partial charge is 0.0829 e. The summed E-state index contributed by atoms with van der Waals surface area (Å²) in [6, 6.07) is 10.2. The Morgan fingerprint density at radius 1 is 1.25 bits per heavy atom. The van der Waals surface area contributed by atoms with Crippen LogP contribution in [0.2, 0.25) is 0 Å². The molecule has 1 fully saturated rings. The second-order valence-electron chi connectivity index (χ2n) is 5.43. The fraction of sp³-hybridized carbons (Fsp3) is 0.625. The van der Waals surface area contributed by atoms with Gasteiger partial charge in [-0.15, -0.1) is 23.5 Å². The molecule has 1 unspecified atom stereocenters. The van der Waals surface area contributed by atoms with Crippen molar-refractivity contribution in [2.75, 3.05) is 18.1 Å². The molecular formula is C16H24O2S2. The van der Waals surface area contributed by atoms with Gasteiger partial charge >= 0.3 is 0 Å². The minimum absolute atomic E-state index is 0.324. The summed E-state index contributed by atoms with van der Waals surface area (Å²) in [5, 5.41) is 10.6. The van der Waals surface area contributed by atoms with Crippen LogP contribution in [0, 0.1) is 0 Å². The van der Waals surface area contributed by atoms with E-state index >= 15 is 0 Å². The lowest BCUT2D eigenvalue weighted by Crippen LogP contribution is -2.37. The van der Waals surface area contributed by atoms with Crippen molar-refractivity contribution in [1.29, 1.82) is 0 Å². The first-order valence-electron chi connectivity index (χ1n) is 7.26. The Balaban J connectivity index is 1.62. The Labute approximate surface area is 130 Å². The molecule has 1 saturated heterocycles. The molecule has 2 rings (SSSR count). The maximum absolute atomic E-state index is 10.6. The van der Waals surface area contributed by atoms with Gasteiger partial charge in [0.2, 0.25) is 0 Å². The van der Waals surface area contributed by atoms with Crippen molar-refractivity contribution < 1.29 is 9.84 Å². The molecule has 0 bridgehead atoms. The monoisotopic (exact) mass is 312 g/mol. The Hall–Kier alpha value is -0.160. The summed E-state index contributed by atoms with van der Waals surface area (Å²) < 4.78 is 6.00. The highest BCUT2D eigenvalue weighted by Crippen LogP contribution is 2.39. The molecule has 1 atom stereocenters. The van der Waals surface area contributed by atoms with Gasteiger partial charge in [-0.25, -0.2) is 0 Å². The van der Waals surface area contributed by atoms with Crippen LogP contribution in [0.3, 0.4) is 0 Å². The van der Waals surface area contributed by atoms with Gasteiger partial charge in [0.1, 0.15) is 0 Å². The van der Waals surface area contributed by atoms with Crippen LogP contribution in [0.5, 0.6) is 0 Å². The van der Waals surface area contributed by atoms with Gasteiger partial charge in [0.15, 0.2) is 0 Å². The van der Waals surface area contributed by atoms with Crippen LogP contribution in [0.25, 0.3) is 0 Å². The first-order chi connectivity index (χ1) is 9.68. The molecule has 0 aliphatic carbocycles. The highest BCUT2D eigenvalue weighted by atomic mass is 32.2. The van der Waals surface area contributed by atoms with Crippen LogP contribution in [-0.2, 0) is 11.3 Å². The van der Waals surface area contributed by atoms with E-state index in [-0.39, 0.29) is 0 Å². The summed E-state index contributed by atoms with van der Waals surface area (Å²) in [4.78, 5) is 0. The number of hydrogen-bond acceptors (Lipinski definition) is 4. The van der Waals surface area contributed by atoms with E-state index in [0.717, 1.165) is 12.8 Å². The van der Waals surface area contributed by atoms with Crippen LogP contribution >= 0.6 is 23.5 Å². The van der Waals surface area contributed by atoms with E-state index in [1.165, 1.54) is 23.5 Å². The molecule has 112 valence electrons. The summed E-state index contributed by atoms with van der Waals surface area (Å²) in [5.74, 6) is 2.36. The lowest BCUT2D eigenvalue weighted by molar-refractivity contribution is 0.0471. The molecule has 1 heterocycles. The molecule has 1 aliphatic rings. The third-order valence-corrected chi connectivity index (χ3v) is 6.90. The molecule has 1 aromatic carbocycles. The molecule has 0 radical (unpaired) electrons. The lowest BCUT2D eigenvalue weighted by Gasteiger charge is -2.34. The Kier molecular flexibility index (Phi) is 6.75. The number of thioether (sulfide) groups is 2. The minimum Gasteiger partial charge on any atom is -0.388 e. The van der Waals surface area contributed by atoms with Crippen molar-refractivity contribution >= 4 is 23.5 Å². The van der Waals surface area contributed by atoms with Crippen molar-refractivity contribution in [2.24, 2.45) is 0 Å². The van der Waals surface area contributed by atoms with E-state index in [9.17, 15) is 5.11 Å². The third-order valence-electron chi connectivity index (χ3n) is 3.42. The lowest BCUT2D eigenvalue weighted by atomic mass is 10.0. The van der Waals surface area contributed by atoms with Gasteiger partial charge in [-0.05, 0) is 43.3 Å². The number of aliphatic hydroxyl groups is 1. The van der Waals surface area contributed by atoms with E-state index in [1.807, 2.05) is 48.6 Å². The van der Waals surface area contributed by atoms with E-state index in [1.54, 1.807) is 0 Å². The van der Waals surface area contributed by atoms with Gasteiger partial charge in [0.25, 0.3) is 0 Å². The van der Waals surface area contributed by atoms with Gasteiger partial charge in [-0.3, -0.25) is 0 Å². The molecule has 1 N–H and O–H groups in total. The molecule has 0 spiro atoms. The fourth-order valence-corrected chi connectivity index (χ4v) is 5.41. The topological polar surface area (TPSA) is 29.5 Å². The zero-order chi connectivity index (χ0) is 14.3. The van der Waals surface area contributed by atoms with Crippen LogP contribution in [-0.4, -0.2) is 33.4 Å². The quantitative estimate of drug-likeness (QED) is 0.773. The van der Waals surface area contributed by atoms with Crippen LogP contribution < -0.4 is 0 Å². The predicted octanol–water partition coefficient (Wildman–Crippen LogP) is 3.93. The molecule has 0 amide bonds. The Morgan fingerprint density at radius 3 is 2.65 bits per heavy atom. The van der Waals surface area contributed by atoms with Crippen LogP contribution in [0.4, 0.5) is 0 Å². The van der Waals surface area contributed by atoms with Gasteiger partial charge in [0, 0.05) is 6.61 Å². The van der Waals surface area contributed by atoms with Crippen molar-refractivity contribution in [3.05, 3.63) is 35.9 Å². The predicted molar refractivity (Wildman–Crippen MR) is 89.3 cm³/mol. The maximum atomic E-state index is 10.6. The van der Waals surface area contributed by atoms with Gasteiger partial charge in [-0.1, -0.05) is 30.3 Å². The minimum atomic E-state index is -0.578. The maximum Gasteiger partial charge on any atom is 0.0829 e. The summed E-state index contributed by atoms with van der Waals surface area (Å²) in [6.07, 6.45) is 2.99. The van der Waals surface area contributed by atoms with Gasteiger partial charge in [0.05, 0.1) is 16.8 Å². The van der Waals surface area contributed by atoms with Crippen molar-refractivity contribution in [2.45, 2.75) is 43.0 Å². The molecule has 1 aliphatic heterocycles. The molecule has 20 heavy (non-hydrogen) atoms. The fourth-order valence-electron chi connectivity index (χ4n) is 2.26. The largest absolute Gasteiger partial charge is 0.388 e. The molecule has 2 nitrogen and oxygen atoms in total. The van der Waals surface area contributed by atoms with Crippen molar-refractivity contribution in [3.63, 3.8) is 0 Å². The number of hydrogen-bond donors (Lipinski definition) is 1. The van der Waals surface area contributed by atoms with Gasteiger partial charge in [-0.2, -0.15) is 0 Å². The SMILES string of the molecule is CC(O)(CCCOCc1ccccc1)C1SCCCS1. The van der Waals surface area contributed by atoms with E-state index in [0.29, 0.717) is 17.8 Å². The molecule has 0 aromatic heterocycles. The molecule has 0 saturated carbocycles. The van der Waals surface area contributed by atoms with E-state index in [2.05, 4.69) is 12.1 Å². The van der Waals surface area contributed by atoms with Crippen LogP contribution in [0.1, 0.15) is 31.7 Å². The average molecular weight is 313 g/mol. The van der Waals surface area contributed by atoms with E-state index < -0.39 is 5.60 Å². The molecule has 1 aromatic rings. The summed E-state index contributed by atoms with van der Waals surface area (Å²) in [6.45, 7) is 3.35. The zero-order valence-electron chi connectivity index (χ0n) is 12.1. The normalized spacial score (nSPS) is 19.7. The Bertz CT molecular complexity index is 375. The summed E-state index contributed by atoms with van der Waals surface area (Å²) in [5.41, 5.74) is 0.629. The number of ether oxygens (including phenoxy) is 1. The summed E-state index contributed by atoms with van der Waals surface area (Å²) >= 11 is 3.81. The average Bonchev–Trinajstić information content (AvgIpc) is 2.49. The first kappa shape index (κ1) is 16.2. The summed E-state index contributed by atoms with van der Waals surface area (Å²) in [7, 11) is 0. The second-order valence-corrected chi connectivity index (χ2v) is 8.15. The molecule has 4 heteroatoms. The Morgan fingerprint density at radius 2 is 1.95 bits per heavy atom.